The lowest BCUT2D eigenvalue weighted by Crippen LogP contribution is -2.14. The fourth-order valence-corrected chi connectivity index (χ4v) is 2.22. The molecule has 0 aliphatic heterocycles. The first-order valence-electron chi connectivity index (χ1n) is 7.45. The number of H-pyrrole nitrogens is 1. The Morgan fingerprint density at radius 1 is 1.38 bits per heavy atom. The van der Waals surface area contributed by atoms with Gasteiger partial charge in [0, 0.05) is 18.8 Å². The Hall–Kier alpha value is -3.03. The predicted molar refractivity (Wildman–Crippen MR) is 85.0 cm³/mol. The molecule has 0 aliphatic rings. The van der Waals surface area contributed by atoms with Crippen LogP contribution in [0.2, 0.25) is 0 Å². The van der Waals surface area contributed by atoms with Gasteiger partial charge >= 0.3 is 0 Å². The standard InChI is InChI=1S/C16H16FN5O2/c1-3-22-15(13-8-18-10(2)19-16(13)23)20-14(21-22)9-24-12-6-4-5-11(17)7-12/h4-8H,3,9H2,1-2H3,(H,18,19,23). The molecule has 24 heavy (non-hydrogen) atoms. The molecule has 7 nitrogen and oxygen atoms in total. The first-order chi connectivity index (χ1) is 11.6. The van der Waals surface area contributed by atoms with Gasteiger partial charge < -0.3 is 9.72 Å². The summed E-state index contributed by atoms with van der Waals surface area (Å²) in [6.45, 7) is 4.20. The van der Waals surface area contributed by atoms with Crippen LogP contribution in [0.15, 0.2) is 35.3 Å². The van der Waals surface area contributed by atoms with Crippen LogP contribution >= 0.6 is 0 Å². The summed E-state index contributed by atoms with van der Waals surface area (Å²) >= 11 is 0. The number of ether oxygens (including phenoxy) is 1. The Kier molecular flexibility index (Phi) is 4.37. The van der Waals surface area contributed by atoms with Crippen molar-refractivity contribution in [1.29, 1.82) is 0 Å². The Bertz CT molecular complexity index is 919. The first-order valence-corrected chi connectivity index (χ1v) is 7.45. The highest BCUT2D eigenvalue weighted by Crippen LogP contribution is 2.16. The number of nitrogens with zero attached hydrogens (tertiary/aromatic N) is 4. The van der Waals surface area contributed by atoms with E-state index in [-0.39, 0.29) is 18.0 Å². The molecule has 2 aromatic heterocycles. The fraction of sp³-hybridized carbons (Fsp3) is 0.250. The number of aromatic amines is 1. The van der Waals surface area contributed by atoms with Gasteiger partial charge in [0.25, 0.3) is 5.56 Å². The third kappa shape index (κ3) is 3.32. The summed E-state index contributed by atoms with van der Waals surface area (Å²) in [5, 5.41) is 4.31. The van der Waals surface area contributed by atoms with E-state index in [4.69, 9.17) is 4.74 Å². The number of aryl methyl sites for hydroxylation is 2. The van der Waals surface area contributed by atoms with Crippen molar-refractivity contribution >= 4 is 0 Å². The van der Waals surface area contributed by atoms with Gasteiger partial charge in [-0.3, -0.25) is 4.79 Å². The van der Waals surface area contributed by atoms with Crippen molar-refractivity contribution in [2.75, 3.05) is 0 Å². The summed E-state index contributed by atoms with van der Waals surface area (Å²) in [7, 11) is 0. The number of hydrogen-bond donors (Lipinski definition) is 1. The molecule has 0 radical (unpaired) electrons. The van der Waals surface area contributed by atoms with E-state index >= 15 is 0 Å². The predicted octanol–water partition coefficient (Wildman–Crippen LogP) is 2.07. The van der Waals surface area contributed by atoms with Crippen LogP contribution in [0.4, 0.5) is 4.39 Å². The van der Waals surface area contributed by atoms with Gasteiger partial charge in [0.1, 0.15) is 29.6 Å². The zero-order valence-electron chi connectivity index (χ0n) is 13.3. The molecular weight excluding hydrogens is 313 g/mol. The summed E-state index contributed by atoms with van der Waals surface area (Å²) in [5.74, 6) is 1.36. The molecule has 1 aromatic carbocycles. The summed E-state index contributed by atoms with van der Waals surface area (Å²) in [5.41, 5.74) is 0.0640. The topological polar surface area (TPSA) is 85.7 Å². The van der Waals surface area contributed by atoms with Gasteiger partial charge in [-0.1, -0.05) is 6.07 Å². The second-order valence-corrected chi connectivity index (χ2v) is 5.12. The average molecular weight is 329 g/mol. The number of nitrogens with one attached hydrogen (secondary N) is 1. The molecule has 3 aromatic rings. The maximum Gasteiger partial charge on any atom is 0.261 e. The second-order valence-electron chi connectivity index (χ2n) is 5.12. The van der Waals surface area contributed by atoms with E-state index in [1.807, 2.05) is 6.92 Å². The van der Waals surface area contributed by atoms with Gasteiger partial charge in [0.2, 0.25) is 0 Å². The van der Waals surface area contributed by atoms with Crippen molar-refractivity contribution < 1.29 is 9.13 Å². The van der Waals surface area contributed by atoms with E-state index in [0.717, 1.165) is 0 Å². The van der Waals surface area contributed by atoms with E-state index in [9.17, 15) is 9.18 Å². The highest BCUT2D eigenvalue weighted by atomic mass is 19.1. The minimum Gasteiger partial charge on any atom is -0.485 e. The largest absolute Gasteiger partial charge is 0.485 e. The van der Waals surface area contributed by atoms with Crippen LogP contribution in [-0.4, -0.2) is 24.7 Å². The Morgan fingerprint density at radius 3 is 2.92 bits per heavy atom. The number of halogens is 1. The third-order valence-electron chi connectivity index (χ3n) is 3.35. The number of hydrogen-bond acceptors (Lipinski definition) is 5. The van der Waals surface area contributed by atoms with E-state index in [2.05, 4.69) is 20.1 Å². The molecular formula is C16H16FN5O2. The molecule has 2 heterocycles. The van der Waals surface area contributed by atoms with Crippen molar-refractivity contribution in [3.8, 4) is 17.1 Å². The molecule has 0 bridgehead atoms. The van der Waals surface area contributed by atoms with Gasteiger partial charge in [-0.15, -0.1) is 0 Å². The van der Waals surface area contributed by atoms with Crippen LogP contribution in [0.3, 0.4) is 0 Å². The van der Waals surface area contributed by atoms with E-state index in [1.54, 1.807) is 23.7 Å². The first kappa shape index (κ1) is 15.9. The molecule has 0 aliphatic carbocycles. The molecule has 0 saturated carbocycles. The number of rotatable bonds is 5. The van der Waals surface area contributed by atoms with Crippen molar-refractivity contribution in [1.82, 2.24) is 24.7 Å². The summed E-state index contributed by atoms with van der Waals surface area (Å²) in [4.78, 5) is 23.2. The summed E-state index contributed by atoms with van der Waals surface area (Å²) in [6, 6.07) is 5.83. The Morgan fingerprint density at radius 2 is 2.21 bits per heavy atom. The maximum atomic E-state index is 13.2. The van der Waals surface area contributed by atoms with Crippen molar-refractivity contribution in [3.05, 3.63) is 58.3 Å². The minimum atomic E-state index is -0.377. The molecule has 0 spiro atoms. The molecule has 0 saturated heterocycles. The third-order valence-corrected chi connectivity index (χ3v) is 3.35. The zero-order chi connectivity index (χ0) is 17.1. The van der Waals surface area contributed by atoms with E-state index in [1.165, 1.54) is 18.3 Å². The fourth-order valence-electron chi connectivity index (χ4n) is 2.22. The van der Waals surface area contributed by atoms with Crippen molar-refractivity contribution in [2.45, 2.75) is 27.0 Å². The summed E-state index contributed by atoms with van der Waals surface area (Å²) < 4.78 is 20.2. The van der Waals surface area contributed by atoms with Crippen molar-refractivity contribution in [2.24, 2.45) is 0 Å². The maximum absolute atomic E-state index is 13.2. The van der Waals surface area contributed by atoms with Gasteiger partial charge in [-0.2, -0.15) is 5.10 Å². The Balaban J connectivity index is 1.86. The minimum absolute atomic E-state index is 0.0701. The van der Waals surface area contributed by atoms with E-state index < -0.39 is 0 Å². The van der Waals surface area contributed by atoms with E-state index in [0.29, 0.717) is 35.3 Å². The quantitative estimate of drug-likeness (QED) is 0.774. The number of benzene rings is 1. The average Bonchev–Trinajstić information content (AvgIpc) is 2.96. The lowest BCUT2D eigenvalue weighted by Gasteiger charge is -2.02. The van der Waals surface area contributed by atoms with Gasteiger partial charge in [0.15, 0.2) is 11.6 Å². The van der Waals surface area contributed by atoms with Gasteiger partial charge in [0.05, 0.1) is 0 Å². The monoisotopic (exact) mass is 329 g/mol. The lowest BCUT2D eigenvalue weighted by atomic mass is 10.3. The SMILES string of the molecule is CCn1nc(COc2cccc(F)c2)nc1-c1cnc(C)[nH]c1=O. The molecule has 1 N–H and O–H groups in total. The summed E-state index contributed by atoms with van der Waals surface area (Å²) in [6.07, 6.45) is 1.47. The van der Waals surface area contributed by atoms with Crippen LogP contribution in [0, 0.1) is 12.7 Å². The molecule has 8 heteroatoms. The van der Waals surface area contributed by atoms with Gasteiger partial charge in [-0.25, -0.2) is 19.0 Å². The van der Waals surface area contributed by atoms with Crippen LogP contribution in [0.5, 0.6) is 5.75 Å². The smallest absolute Gasteiger partial charge is 0.261 e. The molecule has 0 atom stereocenters. The highest BCUT2D eigenvalue weighted by Gasteiger charge is 2.15. The zero-order valence-corrected chi connectivity index (χ0v) is 13.3. The van der Waals surface area contributed by atoms with Crippen LogP contribution in [0.25, 0.3) is 11.4 Å². The second kappa shape index (κ2) is 6.61. The highest BCUT2D eigenvalue weighted by molar-refractivity contribution is 5.52. The molecule has 3 rings (SSSR count). The normalized spacial score (nSPS) is 10.8. The Labute approximate surface area is 137 Å². The van der Waals surface area contributed by atoms with Crippen LogP contribution in [-0.2, 0) is 13.2 Å². The molecule has 0 unspecified atom stereocenters. The lowest BCUT2D eigenvalue weighted by molar-refractivity contribution is 0.293. The van der Waals surface area contributed by atoms with Crippen molar-refractivity contribution in [3.63, 3.8) is 0 Å². The number of aromatic nitrogens is 5. The van der Waals surface area contributed by atoms with Gasteiger partial charge in [-0.05, 0) is 26.0 Å². The molecule has 0 fully saturated rings. The van der Waals surface area contributed by atoms with Crippen LogP contribution in [0.1, 0.15) is 18.6 Å². The molecule has 124 valence electrons. The van der Waals surface area contributed by atoms with Crippen LogP contribution < -0.4 is 10.3 Å². The molecule has 0 amide bonds.